The molecule has 2 saturated heterocycles. The summed E-state index contributed by atoms with van der Waals surface area (Å²) in [7, 11) is 0. The molecule has 1 unspecified atom stereocenters. The number of aryl methyl sites for hydroxylation is 2. The highest BCUT2D eigenvalue weighted by Crippen LogP contribution is 2.20. The van der Waals surface area contributed by atoms with E-state index in [1.54, 1.807) is 0 Å². The number of piperazine rings is 1. The molecule has 0 aromatic heterocycles. The zero-order valence-electron chi connectivity index (χ0n) is 17.6. The second kappa shape index (κ2) is 11.4. The third-order valence-corrected chi connectivity index (χ3v) is 5.70. The number of nitrogens with zero attached hydrogens (tertiary/aromatic N) is 2. The second-order valence-electron chi connectivity index (χ2n) is 7.97. The van der Waals surface area contributed by atoms with E-state index in [1.807, 2.05) is 16.7 Å². The summed E-state index contributed by atoms with van der Waals surface area (Å²) in [6.07, 6.45) is 4.23. The molecule has 7 heteroatoms. The molecule has 1 aromatic carbocycles. The summed E-state index contributed by atoms with van der Waals surface area (Å²) in [6, 6.07) is 6.40. The van der Waals surface area contributed by atoms with Crippen molar-refractivity contribution >= 4 is 24.2 Å². The van der Waals surface area contributed by atoms with E-state index < -0.39 is 0 Å². The molecule has 0 aliphatic carbocycles. The van der Waals surface area contributed by atoms with Crippen LogP contribution >= 0.6 is 12.4 Å². The molecule has 0 spiro atoms. The smallest absolute Gasteiger partial charge is 0.236 e. The summed E-state index contributed by atoms with van der Waals surface area (Å²) in [4.78, 5) is 28.7. The van der Waals surface area contributed by atoms with Crippen LogP contribution in [-0.4, -0.2) is 67.0 Å². The summed E-state index contributed by atoms with van der Waals surface area (Å²) in [6.45, 7) is 8.26. The monoisotopic (exact) mass is 423 g/mol. The van der Waals surface area contributed by atoms with Crippen LogP contribution in [0.1, 0.15) is 43.2 Å². The number of piperidine rings is 1. The molecule has 1 N–H and O–H groups in total. The number of unbranched alkanes of at least 4 members (excludes halogenated alkanes) is 1. The van der Waals surface area contributed by atoms with Gasteiger partial charge in [0.15, 0.2) is 0 Å². The first-order chi connectivity index (χ1) is 13.5. The molecule has 0 radical (unpaired) electrons. The number of ether oxygens (including phenoxy) is 1. The first-order valence-corrected chi connectivity index (χ1v) is 10.5. The summed E-state index contributed by atoms with van der Waals surface area (Å²) in [5, 5.41) is 3.11. The predicted molar refractivity (Wildman–Crippen MR) is 117 cm³/mol. The fraction of sp³-hybridized carbons (Fsp3) is 0.636. The van der Waals surface area contributed by atoms with Gasteiger partial charge in [0, 0.05) is 38.6 Å². The number of likely N-dealkylation sites (tertiary alicyclic amines) is 1. The normalized spacial score (nSPS) is 19.7. The van der Waals surface area contributed by atoms with Crippen LogP contribution in [0.5, 0.6) is 5.75 Å². The van der Waals surface area contributed by atoms with Crippen molar-refractivity contribution in [3.63, 3.8) is 0 Å². The first-order valence-electron chi connectivity index (χ1n) is 10.5. The van der Waals surface area contributed by atoms with Gasteiger partial charge in [0.2, 0.25) is 11.8 Å². The Morgan fingerprint density at radius 2 is 2.07 bits per heavy atom. The van der Waals surface area contributed by atoms with E-state index >= 15 is 0 Å². The lowest BCUT2D eigenvalue weighted by atomic mass is 10.0. The lowest BCUT2D eigenvalue weighted by molar-refractivity contribution is -0.140. The Bertz CT molecular complexity index is 698. The topological polar surface area (TPSA) is 61.9 Å². The van der Waals surface area contributed by atoms with Crippen molar-refractivity contribution in [3.05, 3.63) is 29.3 Å². The zero-order chi connectivity index (χ0) is 19.9. The average molecular weight is 424 g/mol. The molecule has 0 bridgehead atoms. The number of nitrogens with one attached hydrogen (secondary N) is 1. The van der Waals surface area contributed by atoms with E-state index in [1.165, 1.54) is 5.56 Å². The van der Waals surface area contributed by atoms with Crippen LogP contribution in [0.4, 0.5) is 0 Å². The molecule has 0 saturated carbocycles. The number of hydrogen-bond acceptors (Lipinski definition) is 4. The van der Waals surface area contributed by atoms with E-state index in [2.05, 4.69) is 30.4 Å². The minimum absolute atomic E-state index is 0. The Hall–Kier alpha value is -1.79. The standard InChI is InChI=1S/C22H33N3O3.ClH/c1-17-8-9-18(2)20(14-17)28-13-4-3-7-21(26)24-11-5-6-19(16-24)25-12-10-23-15-22(25)27;/h8-9,14,19,23H,3-7,10-13,15-16H2,1-2H3;1H. The van der Waals surface area contributed by atoms with Crippen molar-refractivity contribution in [2.24, 2.45) is 0 Å². The molecule has 2 amide bonds. The van der Waals surface area contributed by atoms with E-state index in [0.29, 0.717) is 26.1 Å². The number of benzene rings is 1. The summed E-state index contributed by atoms with van der Waals surface area (Å²) in [5.74, 6) is 1.30. The highest BCUT2D eigenvalue weighted by atomic mass is 35.5. The van der Waals surface area contributed by atoms with Crippen LogP contribution in [0.15, 0.2) is 18.2 Å². The SMILES string of the molecule is Cc1ccc(C)c(OCCCCC(=O)N2CCCC(N3CCNCC3=O)C2)c1.Cl. The number of halogens is 1. The van der Waals surface area contributed by atoms with E-state index in [-0.39, 0.29) is 30.3 Å². The molecule has 1 aromatic rings. The lowest BCUT2D eigenvalue weighted by Crippen LogP contribution is -2.57. The van der Waals surface area contributed by atoms with Crippen molar-refractivity contribution < 1.29 is 14.3 Å². The molecule has 29 heavy (non-hydrogen) atoms. The fourth-order valence-electron chi connectivity index (χ4n) is 4.02. The number of carbonyl (C=O) groups excluding carboxylic acids is 2. The molecular formula is C22H34ClN3O3. The maximum atomic E-state index is 12.6. The molecule has 2 heterocycles. The van der Waals surface area contributed by atoms with E-state index in [9.17, 15) is 9.59 Å². The minimum Gasteiger partial charge on any atom is -0.493 e. The molecule has 2 fully saturated rings. The van der Waals surface area contributed by atoms with Crippen LogP contribution in [-0.2, 0) is 9.59 Å². The molecule has 3 rings (SSSR count). The van der Waals surface area contributed by atoms with E-state index in [4.69, 9.17) is 4.74 Å². The average Bonchev–Trinajstić information content (AvgIpc) is 2.70. The largest absolute Gasteiger partial charge is 0.493 e. The van der Waals surface area contributed by atoms with Gasteiger partial charge in [0.05, 0.1) is 13.2 Å². The third kappa shape index (κ3) is 6.61. The van der Waals surface area contributed by atoms with Gasteiger partial charge >= 0.3 is 0 Å². The number of rotatable bonds is 7. The van der Waals surface area contributed by atoms with Crippen LogP contribution in [0.25, 0.3) is 0 Å². The van der Waals surface area contributed by atoms with Crippen LogP contribution in [0, 0.1) is 13.8 Å². The summed E-state index contributed by atoms with van der Waals surface area (Å²) < 4.78 is 5.88. The van der Waals surface area contributed by atoms with Crippen molar-refractivity contribution in [1.29, 1.82) is 0 Å². The van der Waals surface area contributed by atoms with Crippen molar-refractivity contribution in [2.45, 2.75) is 52.0 Å². The van der Waals surface area contributed by atoms with Gasteiger partial charge in [0.1, 0.15) is 5.75 Å². The Kier molecular flexibility index (Phi) is 9.24. The molecular weight excluding hydrogens is 390 g/mol. The van der Waals surface area contributed by atoms with Crippen LogP contribution in [0.3, 0.4) is 0 Å². The Balaban J connectivity index is 0.00000300. The maximum Gasteiger partial charge on any atom is 0.236 e. The maximum absolute atomic E-state index is 12.6. The molecule has 2 aliphatic heterocycles. The molecule has 1 atom stereocenters. The first kappa shape index (κ1) is 23.5. The van der Waals surface area contributed by atoms with Gasteiger partial charge in [-0.05, 0) is 56.7 Å². The van der Waals surface area contributed by atoms with Crippen LogP contribution < -0.4 is 10.1 Å². The Labute approximate surface area is 180 Å². The number of hydrogen-bond donors (Lipinski definition) is 1. The molecule has 162 valence electrons. The Morgan fingerprint density at radius 1 is 1.24 bits per heavy atom. The van der Waals surface area contributed by atoms with Gasteiger partial charge in [-0.15, -0.1) is 12.4 Å². The van der Waals surface area contributed by atoms with Crippen molar-refractivity contribution in [1.82, 2.24) is 15.1 Å². The van der Waals surface area contributed by atoms with Crippen LogP contribution in [0.2, 0.25) is 0 Å². The predicted octanol–water partition coefficient (Wildman–Crippen LogP) is 2.70. The number of carbonyl (C=O) groups is 2. The highest BCUT2D eigenvalue weighted by Gasteiger charge is 2.31. The Morgan fingerprint density at radius 3 is 2.86 bits per heavy atom. The van der Waals surface area contributed by atoms with Crippen molar-refractivity contribution in [3.8, 4) is 5.75 Å². The fourth-order valence-corrected chi connectivity index (χ4v) is 4.02. The lowest BCUT2D eigenvalue weighted by Gasteiger charge is -2.41. The van der Waals surface area contributed by atoms with Gasteiger partial charge < -0.3 is 19.9 Å². The van der Waals surface area contributed by atoms with Crippen molar-refractivity contribution in [2.75, 3.05) is 39.3 Å². The van der Waals surface area contributed by atoms with Gasteiger partial charge in [0.25, 0.3) is 0 Å². The second-order valence-corrected chi connectivity index (χ2v) is 7.97. The van der Waals surface area contributed by atoms with Gasteiger partial charge in [-0.3, -0.25) is 9.59 Å². The third-order valence-electron chi connectivity index (χ3n) is 5.70. The van der Waals surface area contributed by atoms with Gasteiger partial charge in [-0.25, -0.2) is 0 Å². The minimum atomic E-state index is 0. The quantitative estimate of drug-likeness (QED) is 0.685. The highest BCUT2D eigenvalue weighted by molar-refractivity contribution is 5.85. The zero-order valence-corrected chi connectivity index (χ0v) is 18.4. The molecule has 2 aliphatic rings. The summed E-state index contributed by atoms with van der Waals surface area (Å²) in [5.41, 5.74) is 2.34. The number of amides is 2. The van der Waals surface area contributed by atoms with E-state index in [0.717, 1.165) is 56.6 Å². The van der Waals surface area contributed by atoms with Gasteiger partial charge in [-0.1, -0.05) is 12.1 Å². The molecule has 6 nitrogen and oxygen atoms in total. The van der Waals surface area contributed by atoms with Gasteiger partial charge in [-0.2, -0.15) is 0 Å². The summed E-state index contributed by atoms with van der Waals surface area (Å²) >= 11 is 0.